The smallest absolute Gasteiger partial charge is 0.428 e. The second-order valence-electron chi connectivity index (χ2n) is 18.0. The van der Waals surface area contributed by atoms with Gasteiger partial charge in [0.25, 0.3) is 0 Å². The predicted octanol–water partition coefficient (Wildman–Crippen LogP) is 4.07. The first-order valence-electron chi connectivity index (χ1n) is 21.3. The zero-order valence-electron chi connectivity index (χ0n) is 36.7. The van der Waals surface area contributed by atoms with E-state index in [1.165, 1.54) is 6.92 Å². The summed E-state index contributed by atoms with van der Waals surface area (Å²) in [4.78, 5) is 16.6. The number of hydrogen-bond acceptors (Lipinski definition) is 14. The summed E-state index contributed by atoms with van der Waals surface area (Å²) in [6, 6.07) is -0.648. The first kappa shape index (κ1) is 49.4. The molecule has 0 aromatic heterocycles. The molecule has 340 valence electrons. The number of carbonyl (C=O) groups excluding carboxylic acids is 1. The number of carbonyl (C=O) groups is 1. The van der Waals surface area contributed by atoms with Crippen molar-refractivity contribution in [2.75, 3.05) is 33.8 Å². The van der Waals surface area contributed by atoms with Crippen molar-refractivity contribution in [3.8, 4) is 0 Å². The second kappa shape index (κ2) is 19.9. The molecule has 18 atom stereocenters. The highest BCUT2D eigenvalue weighted by atomic mass is 19.4. The van der Waals surface area contributed by atoms with Crippen LogP contribution in [0.4, 0.5) is 13.2 Å². The standard InChI is InChI=1S/C41H74F3N3O11/c1-13-17-47-21-28-27(8)54-31(19-40(28,47)52-12)57-32-24(5)34(58-36-29(16-15-23(4)53-36)55-37(45-11)41(42,43)44)38(9,50)18-22(3)20-46-26(7)33(48)39(10,51)30(14-2)56-35(49)25(32)6/h22-34,36-37,45-46,48,50-51H,13-21H2,1-12H3/t22-,23-,24+,25-,26-,27+,28?,29-,30-,31+,32+,33-,34-,36+,37?,38-,39-,40-/m1/s1. The third-order valence-corrected chi connectivity index (χ3v) is 13.1. The van der Waals surface area contributed by atoms with Crippen molar-refractivity contribution < 1.29 is 66.4 Å². The van der Waals surface area contributed by atoms with Gasteiger partial charge in [-0.3, -0.25) is 15.0 Å². The highest BCUT2D eigenvalue weighted by Gasteiger charge is 2.61. The fourth-order valence-electron chi connectivity index (χ4n) is 9.84. The summed E-state index contributed by atoms with van der Waals surface area (Å²) < 4.78 is 86.1. The number of fused-ring (bicyclic) bond motifs is 1. The van der Waals surface area contributed by atoms with Gasteiger partial charge in [-0.15, -0.1) is 0 Å². The van der Waals surface area contributed by atoms with Crippen LogP contribution in [0.5, 0.6) is 0 Å². The van der Waals surface area contributed by atoms with Crippen LogP contribution in [0.3, 0.4) is 0 Å². The van der Waals surface area contributed by atoms with Crippen molar-refractivity contribution in [3.63, 3.8) is 0 Å². The fraction of sp³-hybridized carbons (Fsp3) is 0.976. The minimum Gasteiger partial charge on any atom is -0.459 e. The SMILES string of the molecule is CCCN1CC2[C@H](C)O[C@@H](O[C@H]3[C@H](C)[C@@H](O[C@@H]4O[C@H](C)CC[C@H]4OC(NC)C(F)(F)F)[C@](C)(O)C[C@@H](C)CN[C@H](C)[C@@H](O)[C@](C)(O)[C@@H](CC)OC(=O)[C@@H]3C)C[C@@]21OC. The van der Waals surface area contributed by atoms with Gasteiger partial charge < -0.3 is 53.8 Å². The summed E-state index contributed by atoms with van der Waals surface area (Å²) in [5.41, 5.74) is -4.22. The first-order chi connectivity index (χ1) is 27.0. The molecular weight excluding hydrogens is 767 g/mol. The first-order valence-corrected chi connectivity index (χ1v) is 21.3. The molecule has 4 heterocycles. The van der Waals surface area contributed by atoms with E-state index >= 15 is 0 Å². The minimum absolute atomic E-state index is 0.0745. The van der Waals surface area contributed by atoms with Crippen LogP contribution in [0.25, 0.3) is 0 Å². The molecule has 5 N–H and O–H groups in total. The van der Waals surface area contributed by atoms with Gasteiger partial charge >= 0.3 is 12.1 Å². The minimum atomic E-state index is -4.73. The number of hydrogen-bond donors (Lipinski definition) is 5. The summed E-state index contributed by atoms with van der Waals surface area (Å²) in [7, 11) is 2.82. The van der Waals surface area contributed by atoms with Gasteiger partial charge in [-0.1, -0.05) is 27.7 Å². The number of cyclic esters (lactones) is 1. The Balaban J connectivity index is 1.81. The van der Waals surface area contributed by atoms with Crippen LogP contribution in [-0.2, 0) is 38.0 Å². The molecule has 0 aromatic rings. The van der Waals surface area contributed by atoms with Crippen LogP contribution in [0.1, 0.15) is 108 Å². The number of aliphatic hydroxyl groups excluding tert-OH is 1. The Morgan fingerprint density at radius 3 is 2.29 bits per heavy atom. The van der Waals surface area contributed by atoms with Crippen LogP contribution < -0.4 is 10.6 Å². The number of nitrogens with zero attached hydrogens (tertiary/aromatic N) is 1. The number of nitrogens with one attached hydrogen (secondary N) is 2. The number of likely N-dealkylation sites (tertiary alicyclic amines) is 1. The van der Waals surface area contributed by atoms with Crippen LogP contribution in [0.2, 0.25) is 0 Å². The molecule has 0 aliphatic carbocycles. The molecule has 4 saturated heterocycles. The Morgan fingerprint density at radius 2 is 1.71 bits per heavy atom. The molecule has 14 nitrogen and oxygen atoms in total. The van der Waals surface area contributed by atoms with E-state index in [9.17, 15) is 33.3 Å². The lowest BCUT2D eigenvalue weighted by atomic mass is 9.75. The Bertz CT molecular complexity index is 1320. The maximum Gasteiger partial charge on any atom is 0.428 e. The van der Waals surface area contributed by atoms with Crippen LogP contribution in [0.15, 0.2) is 0 Å². The molecule has 4 aliphatic heterocycles. The molecule has 0 bridgehead atoms. The number of aliphatic hydroxyl groups is 3. The summed E-state index contributed by atoms with van der Waals surface area (Å²) in [6.45, 7) is 19.5. The molecule has 0 saturated carbocycles. The monoisotopic (exact) mass is 842 g/mol. The second-order valence-corrected chi connectivity index (χ2v) is 18.0. The molecule has 0 spiro atoms. The molecule has 0 radical (unpaired) electrons. The number of methoxy groups -OCH3 is 1. The lowest BCUT2D eigenvalue weighted by Gasteiger charge is -2.63. The normalized spacial score (nSPS) is 45.9. The average molecular weight is 842 g/mol. The third-order valence-electron chi connectivity index (χ3n) is 13.1. The van der Waals surface area contributed by atoms with Gasteiger partial charge in [0.15, 0.2) is 12.6 Å². The van der Waals surface area contributed by atoms with E-state index in [0.29, 0.717) is 19.4 Å². The van der Waals surface area contributed by atoms with Gasteiger partial charge in [0, 0.05) is 44.5 Å². The highest BCUT2D eigenvalue weighted by Crippen LogP contribution is 2.49. The quantitative estimate of drug-likeness (QED) is 0.149. The van der Waals surface area contributed by atoms with Crippen LogP contribution in [-0.4, -0.2) is 151 Å². The van der Waals surface area contributed by atoms with Crippen molar-refractivity contribution >= 4 is 5.97 Å². The fourth-order valence-corrected chi connectivity index (χ4v) is 9.84. The molecule has 4 aliphatic rings. The summed E-state index contributed by atoms with van der Waals surface area (Å²) in [6.07, 6.45) is -13.7. The molecular formula is C41H74F3N3O11. The van der Waals surface area contributed by atoms with Gasteiger partial charge in [0.2, 0.25) is 6.23 Å². The van der Waals surface area contributed by atoms with Gasteiger partial charge in [-0.05, 0) is 93.2 Å². The van der Waals surface area contributed by atoms with Crippen LogP contribution >= 0.6 is 0 Å². The zero-order valence-corrected chi connectivity index (χ0v) is 36.7. The van der Waals surface area contributed by atoms with Gasteiger partial charge in [-0.25, -0.2) is 0 Å². The van der Waals surface area contributed by atoms with E-state index in [-0.39, 0.29) is 37.2 Å². The topological polar surface area (TPSA) is 170 Å². The third kappa shape index (κ3) is 10.9. The average Bonchev–Trinajstić information content (AvgIpc) is 3.14. The maximum atomic E-state index is 14.4. The highest BCUT2D eigenvalue weighted by molar-refractivity contribution is 5.73. The summed E-state index contributed by atoms with van der Waals surface area (Å²) in [5.74, 6) is -2.84. The van der Waals surface area contributed by atoms with E-state index < -0.39 is 102 Å². The molecule has 17 heteroatoms. The van der Waals surface area contributed by atoms with E-state index in [1.807, 2.05) is 13.8 Å². The molecule has 2 unspecified atom stereocenters. The number of rotatable bonds is 11. The molecule has 0 aromatic carbocycles. The Kier molecular flexibility index (Phi) is 16.9. The van der Waals surface area contributed by atoms with Crippen molar-refractivity contribution in [1.29, 1.82) is 0 Å². The maximum absolute atomic E-state index is 14.4. The Morgan fingerprint density at radius 1 is 1.03 bits per heavy atom. The summed E-state index contributed by atoms with van der Waals surface area (Å²) in [5, 5.41) is 41.1. The zero-order chi connectivity index (χ0) is 43.5. The summed E-state index contributed by atoms with van der Waals surface area (Å²) >= 11 is 0. The Labute approximate surface area is 343 Å². The molecule has 4 rings (SSSR count). The van der Waals surface area contributed by atoms with Crippen molar-refractivity contribution in [3.05, 3.63) is 0 Å². The number of alkyl halides is 3. The molecule has 4 fully saturated rings. The van der Waals surface area contributed by atoms with Crippen LogP contribution in [0, 0.1) is 23.7 Å². The number of ether oxygens (including phenoxy) is 7. The lowest BCUT2D eigenvalue weighted by molar-refractivity contribution is -0.364. The van der Waals surface area contributed by atoms with Gasteiger partial charge in [-0.2, -0.15) is 13.2 Å². The largest absolute Gasteiger partial charge is 0.459 e. The Hall–Kier alpha value is -1.22. The van der Waals surface area contributed by atoms with E-state index in [0.717, 1.165) is 26.6 Å². The van der Waals surface area contributed by atoms with Gasteiger partial charge in [0.1, 0.15) is 29.6 Å². The van der Waals surface area contributed by atoms with E-state index in [4.69, 9.17) is 33.2 Å². The van der Waals surface area contributed by atoms with E-state index in [1.54, 1.807) is 48.7 Å². The van der Waals surface area contributed by atoms with Crippen molar-refractivity contribution in [1.82, 2.24) is 15.5 Å². The van der Waals surface area contributed by atoms with Crippen molar-refractivity contribution in [2.24, 2.45) is 23.7 Å². The molecule has 0 amide bonds. The molecule has 58 heavy (non-hydrogen) atoms. The van der Waals surface area contributed by atoms with Gasteiger partial charge in [0.05, 0.1) is 35.9 Å². The number of esters is 1. The predicted molar refractivity (Wildman–Crippen MR) is 208 cm³/mol. The number of halogens is 3. The van der Waals surface area contributed by atoms with Crippen molar-refractivity contribution in [2.45, 2.75) is 198 Å². The lowest BCUT2D eigenvalue weighted by Crippen LogP contribution is -2.74. The van der Waals surface area contributed by atoms with E-state index in [2.05, 4.69) is 22.5 Å².